The average molecular weight is 418 g/mol. The normalized spacial score (nSPS) is 10.8. The maximum Gasteiger partial charge on any atom is 0.276 e. The Bertz CT molecular complexity index is 880. The number of anilines is 1. The molecule has 0 aliphatic carbocycles. The van der Waals surface area contributed by atoms with Gasteiger partial charge in [-0.2, -0.15) is 5.10 Å². The van der Waals surface area contributed by atoms with Crippen LogP contribution in [0.4, 0.5) is 5.69 Å². The van der Waals surface area contributed by atoms with E-state index < -0.39 is 5.91 Å². The first-order valence-electron chi connectivity index (χ1n) is 9.94. The van der Waals surface area contributed by atoms with Gasteiger partial charge < -0.3 is 24.4 Å². The molecule has 0 bridgehead atoms. The fourth-order valence-corrected chi connectivity index (χ4v) is 2.79. The lowest BCUT2D eigenvalue weighted by Gasteiger charge is -2.19. The molecule has 0 aliphatic rings. The zero-order valence-corrected chi connectivity index (χ0v) is 18.0. The maximum absolute atomic E-state index is 12.6. The summed E-state index contributed by atoms with van der Waals surface area (Å²) in [7, 11) is 3.10. The van der Waals surface area contributed by atoms with Crippen LogP contribution in [-0.4, -0.2) is 67.7 Å². The molecule has 0 saturated heterocycles. The number of carbonyl (C=O) groups excluding carboxylic acids is 1. The summed E-state index contributed by atoms with van der Waals surface area (Å²) in [5.74, 6) is 0.694. The number of benzene rings is 1. The molecule has 0 aliphatic heterocycles. The molecule has 30 heavy (non-hydrogen) atoms. The second-order valence-corrected chi connectivity index (χ2v) is 6.47. The van der Waals surface area contributed by atoms with Gasteiger partial charge >= 0.3 is 0 Å². The average Bonchev–Trinajstić information content (AvgIpc) is 2.76. The van der Waals surface area contributed by atoms with Crippen molar-refractivity contribution >= 4 is 11.6 Å². The molecule has 164 valence electrons. The van der Waals surface area contributed by atoms with Gasteiger partial charge in [-0.05, 0) is 31.3 Å². The summed E-state index contributed by atoms with van der Waals surface area (Å²) in [6, 6.07) is 7.86. The van der Waals surface area contributed by atoms with E-state index in [4.69, 9.17) is 14.2 Å². The lowest BCUT2D eigenvalue weighted by Crippen LogP contribution is -2.28. The Morgan fingerprint density at radius 3 is 2.53 bits per heavy atom. The summed E-state index contributed by atoms with van der Waals surface area (Å²) >= 11 is 0. The third kappa shape index (κ3) is 6.57. The van der Waals surface area contributed by atoms with E-state index in [9.17, 15) is 9.59 Å². The third-order valence-corrected chi connectivity index (χ3v) is 4.59. The van der Waals surface area contributed by atoms with Gasteiger partial charge in [-0.1, -0.05) is 13.8 Å². The number of nitrogens with zero attached hydrogens (tertiary/aromatic N) is 3. The lowest BCUT2D eigenvalue weighted by molar-refractivity contribution is 0.101. The Balaban J connectivity index is 2.10. The zero-order chi connectivity index (χ0) is 21.9. The predicted molar refractivity (Wildman–Crippen MR) is 115 cm³/mol. The highest BCUT2D eigenvalue weighted by Crippen LogP contribution is 2.30. The van der Waals surface area contributed by atoms with Gasteiger partial charge in [0.15, 0.2) is 11.5 Å². The molecule has 0 saturated carbocycles. The molecule has 9 heteroatoms. The van der Waals surface area contributed by atoms with Gasteiger partial charge in [0.1, 0.15) is 12.3 Å². The molecule has 1 heterocycles. The minimum Gasteiger partial charge on any atom is -0.493 e. The van der Waals surface area contributed by atoms with Gasteiger partial charge in [0, 0.05) is 31.5 Å². The van der Waals surface area contributed by atoms with Crippen molar-refractivity contribution in [1.29, 1.82) is 0 Å². The SMILES string of the molecule is CCN(CC)CCOc1cc(NC(=O)c2ccc(=O)n(CCOC)n2)ccc1OC. The molecular weight excluding hydrogens is 388 g/mol. The summed E-state index contributed by atoms with van der Waals surface area (Å²) in [6.45, 7) is 7.99. The summed E-state index contributed by atoms with van der Waals surface area (Å²) in [6.07, 6.45) is 0. The number of nitrogens with one attached hydrogen (secondary N) is 1. The van der Waals surface area contributed by atoms with Crippen molar-refractivity contribution in [1.82, 2.24) is 14.7 Å². The van der Waals surface area contributed by atoms with Gasteiger partial charge in [0.25, 0.3) is 11.5 Å². The van der Waals surface area contributed by atoms with Crippen LogP contribution < -0.4 is 20.3 Å². The van der Waals surface area contributed by atoms with Crippen LogP contribution in [0.2, 0.25) is 0 Å². The number of hydrogen-bond acceptors (Lipinski definition) is 7. The number of rotatable bonds is 12. The van der Waals surface area contributed by atoms with E-state index in [2.05, 4.69) is 29.2 Å². The predicted octanol–water partition coefficient (Wildman–Crippen LogP) is 1.87. The third-order valence-electron chi connectivity index (χ3n) is 4.59. The van der Waals surface area contributed by atoms with Crippen LogP contribution in [0, 0.1) is 0 Å². The summed E-state index contributed by atoms with van der Waals surface area (Å²) in [4.78, 5) is 26.7. The zero-order valence-electron chi connectivity index (χ0n) is 18.0. The van der Waals surface area contributed by atoms with Crippen LogP contribution in [0.15, 0.2) is 35.1 Å². The van der Waals surface area contributed by atoms with Gasteiger partial charge in [0.2, 0.25) is 0 Å². The van der Waals surface area contributed by atoms with Gasteiger partial charge in [-0.15, -0.1) is 0 Å². The van der Waals surface area contributed by atoms with Crippen molar-refractivity contribution < 1.29 is 19.0 Å². The van der Waals surface area contributed by atoms with E-state index in [1.54, 1.807) is 25.3 Å². The Morgan fingerprint density at radius 2 is 1.87 bits per heavy atom. The lowest BCUT2D eigenvalue weighted by atomic mass is 10.2. The molecule has 0 fully saturated rings. The van der Waals surface area contributed by atoms with E-state index in [-0.39, 0.29) is 17.8 Å². The second kappa shape index (κ2) is 11.9. The van der Waals surface area contributed by atoms with Crippen molar-refractivity contribution in [2.45, 2.75) is 20.4 Å². The highest BCUT2D eigenvalue weighted by Gasteiger charge is 2.13. The first kappa shape index (κ1) is 23.4. The largest absolute Gasteiger partial charge is 0.493 e. The van der Waals surface area contributed by atoms with Crippen molar-refractivity contribution in [2.75, 3.05) is 52.4 Å². The van der Waals surface area contributed by atoms with Crippen LogP contribution >= 0.6 is 0 Å². The minimum atomic E-state index is -0.430. The molecule has 2 rings (SSSR count). The number of aromatic nitrogens is 2. The summed E-state index contributed by atoms with van der Waals surface area (Å²) in [5.41, 5.74) is 0.373. The van der Waals surface area contributed by atoms with Crippen molar-refractivity contribution in [3.8, 4) is 11.5 Å². The topological polar surface area (TPSA) is 94.9 Å². The number of likely N-dealkylation sites (N-methyl/N-ethyl adjacent to an activating group) is 1. The monoisotopic (exact) mass is 418 g/mol. The highest BCUT2D eigenvalue weighted by molar-refractivity contribution is 6.02. The van der Waals surface area contributed by atoms with Gasteiger partial charge in [-0.3, -0.25) is 9.59 Å². The van der Waals surface area contributed by atoms with Crippen LogP contribution in [0.5, 0.6) is 11.5 Å². The number of amides is 1. The standard InChI is InChI=1S/C21H30N4O5/c1-5-24(6-2)11-14-30-19-15-16(7-9-18(19)29-4)22-21(27)17-8-10-20(26)25(23-17)12-13-28-3/h7-10,15H,5-6,11-14H2,1-4H3,(H,22,27). The maximum atomic E-state index is 12.6. The Morgan fingerprint density at radius 1 is 1.10 bits per heavy atom. The number of ether oxygens (including phenoxy) is 3. The van der Waals surface area contributed by atoms with Crippen LogP contribution in [0.25, 0.3) is 0 Å². The van der Waals surface area contributed by atoms with E-state index in [1.807, 2.05) is 0 Å². The van der Waals surface area contributed by atoms with Crippen molar-refractivity contribution in [3.05, 3.63) is 46.4 Å². The van der Waals surface area contributed by atoms with Crippen molar-refractivity contribution in [2.24, 2.45) is 0 Å². The first-order valence-corrected chi connectivity index (χ1v) is 9.94. The minimum absolute atomic E-state index is 0.130. The fourth-order valence-electron chi connectivity index (χ4n) is 2.79. The fraction of sp³-hybridized carbons (Fsp3) is 0.476. The van der Waals surface area contributed by atoms with Crippen molar-refractivity contribution in [3.63, 3.8) is 0 Å². The Kier molecular flexibility index (Phi) is 9.30. The number of carbonyl (C=O) groups is 1. The van der Waals surface area contributed by atoms with Crippen LogP contribution in [-0.2, 0) is 11.3 Å². The van der Waals surface area contributed by atoms with E-state index in [0.29, 0.717) is 30.4 Å². The Hall–Kier alpha value is -2.91. The molecular formula is C21H30N4O5. The molecule has 2 aromatic rings. The van der Waals surface area contributed by atoms with Crippen LogP contribution in [0.1, 0.15) is 24.3 Å². The van der Waals surface area contributed by atoms with E-state index >= 15 is 0 Å². The van der Waals surface area contributed by atoms with E-state index in [1.165, 1.54) is 23.9 Å². The van der Waals surface area contributed by atoms with E-state index in [0.717, 1.165) is 19.6 Å². The smallest absolute Gasteiger partial charge is 0.276 e. The van der Waals surface area contributed by atoms with Gasteiger partial charge in [-0.25, -0.2) is 4.68 Å². The molecule has 1 aromatic heterocycles. The highest BCUT2D eigenvalue weighted by atomic mass is 16.5. The molecule has 0 unspecified atom stereocenters. The second-order valence-electron chi connectivity index (χ2n) is 6.47. The number of methoxy groups -OCH3 is 2. The van der Waals surface area contributed by atoms with Gasteiger partial charge in [0.05, 0.1) is 20.3 Å². The molecule has 0 spiro atoms. The molecule has 9 nitrogen and oxygen atoms in total. The van der Waals surface area contributed by atoms with Crippen LogP contribution in [0.3, 0.4) is 0 Å². The molecule has 1 aromatic carbocycles. The molecule has 1 N–H and O–H groups in total. The molecule has 1 amide bonds. The summed E-state index contributed by atoms with van der Waals surface area (Å²) in [5, 5.41) is 6.88. The molecule has 0 atom stereocenters. The quantitative estimate of drug-likeness (QED) is 0.562. The molecule has 0 radical (unpaired) electrons. The summed E-state index contributed by atoms with van der Waals surface area (Å²) < 4.78 is 17.4. The first-order chi connectivity index (χ1) is 14.5. The Labute approximate surface area is 176 Å². The number of hydrogen-bond donors (Lipinski definition) is 1.